The fourth-order valence-electron chi connectivity index (χ4n) is 3.82. The van der Waals surface area contributed by atoms with Crippen LogP contribution >= 0.6 is 0 Å². The fraction of sp³-hybridized carbons (Fsp3) is 0.476. The Balaban J connectivity index is 1.45. The first-order valence-corrected chi connectivity index (χ1v) is 10.0. The lowest BCUT2D eigenvalue weighted by Crippen LogP contribution is -2.48. The molecule has 0 bridgehead atoms. The van der Waals surface area contributed by atoms with Gasteiger partial charge in [0, 0.05) is 45.0 Å². The maximum atomic E-state index is 12.0. The van der Waals surface area contributed by atoms with Crippen molar-refractivity contribution < 1.29 is 4.79 Å². The first-order chi connectivity index (χ1) is 13.6. The molecule has 1 atom stereocenters. The van der Waals surface area contributed by atoms with Crippen molar-refractivity contribution in [3.8, 4) is 0 Å². The standard InChI is InChI=1S/C21H28N6O/c1-16(17-6-5-7-18(12-17)26-8-3-4-9-26)24-19-13-20(23-15-22-19)27-11-10-25(2)21(28)14-27/h5-7,12-13,15-16H,3-4,8-11,14H2,1-2H3,(H,22,23,24). The van der Waals surface area contributed by atoms with Crippen LogP contribution < -0.4 is 15.1 Å². The van der Waals surface area contributed by atoms with Gasteiger partial charge in [0.1, 0.15) is 18.0 Å². The summed E-state index contributed by atoms with van der Waals surface area (Å²) in [5.74, 6) is 1.68. The SMILES string of the molecule is CC(Nc1cc(N2CCN(C)C(=O)C2)ncn1)c1cccc(N2CCCC2)c1. The first kappa shape index (κ1) is 18.5. The minimum atomic E-state index is 0.117. The van der Waals surface area contributed by atoms with E-state index in [1.54, 1.807) is 11.2 Å². The summed E-state index contributed by atoms with van der Waals surface area (Å²) in [6.07, 6.45) is 4.11. The predicted octanol–water partition coefficient (Wildman–Crippen LogP) is 2.53. The van der Waals surface area contributed by atoms with Crippen molar-refractivity contribution in [1.29, 1.82) is 0 Å². The van der Waals surface area contributed by atoms with Crippen LogP contribution in [-0.4, -0.2) is 60.5 Å². The highest BCUT2D eigenvalue weighted by molar-refractivity contribution is 5.82. The van der Waals surface area contributed by atoms with E-state index in [2.05, 4.69) is 51.4 Å². The van der Waals surface area contributed by atoms with Crippen LogP contribution in [0.15, 0.2) is 36.7 Å². The number of benzene rings is 1. The van der Waals surface area contributed by atoms with E-state index in [1.165, 1.54) is 24.1 Å². The molecule has 2 saturated heterocycles. The van der Waals surface area contributed by atoms with Crippen molar-refractivity contribution in [2.24, 2.45) is 0 Å². The van der Waals surface area contributed by atoms with Gasteiger partial charge in [0.15, 0.2) is 0 Å². The molecule has 1 N–H and O–H groups in total. The average molecular weight is 380 g/mol. The minimum absolute atomic E-state index is 0.117. The van der Waals surface area contributed by atoms with E-state index in [0.29, 0.717) is 13.1 Å². The van der Waals surface area contributed by atoms with Crippen LogP contribution in [0.25, 0.3) is 0 Å². The van der Waals surface area contributed by atoms with Crippen molar-refractivity contribution >= 4 is 23.2 Å². The summed E-state index contributed by atoms with van der Waals surface area (Å²) in [6.45, 7) is 6.29. The van der Waals surface area contributed by atoms with Crippen molar-refractivity contribution in [2.75, 3.05) is 54.9 Å². The minimum Gasteiger partial charge on any atom is -0.372 e. The molecule has 3 heterocycles. The number of nitrogens with zero attached hydrogens (tertiary/aromatic N) is 5. The zero-order valence-electron chi connectivity index (χ0n) is 16.6. The number of likely N-dealkylation sites (N-methyl/N-ethyl adjacent to an activating group) is 1. The van der Waals surface area contributed by atoms with E-state index in [9.17, 15) is 4.79 Å². The Morgan fingerprint density at radius 2 is 1.86 bits per heavy atom. The summed E-state index contributed by atoms with van der Waals surface area (Å²) in [5.41, 5.74) is 2.53. The van der Waals surface area contributed by atoms with Gasteiger partial charge in [-0.2, -0.15) is 0 Å². The number of rotatable bonds is 5. The van der Waals surface area contributed by atoms with Gasteiger partial charge in [0.25, 0.3) is 0 Å². The van der Waals surface area contributed by atoms with Crippen LogP contribution in [0, 0.1) is 0 Å². The molecule has 2 aliphatic rings. The highest BCUT2D eigenvalue weighted by Gasteiger charge is 2.22. The lowest BCUT2D eigenvalue weighted by molar-refractivity contribution is -0.129. The molecular weight excluding hydrogens is 352 g/mol. The molecule has 1 unspecified atom stereocenters. The number of hydrogen-bond donors (Lipinski definition) is 1. The molecular formula is C21H28N6O. The van der Waals surface area contributed by atoms with Crippen LogP contribution in [0.5, 0.6) is 0 Å². The molecule has 2 aromatic rings. The van der Waals surface area contributed by atoms with E-state index >= 15 is 0 Å². The highest BCUT2D eigenvalue weighted by atomic mass is 16.2. The molecule has 28 heavy (non-hydrogen) atoms. The summed E-state index contributed by atoms with van der Waals surface area (Å²) in [7, 11) is 1.84. The third-order valence-corrected chi connectivity index (χ3v) is 5.64. The van der Waals surface area contributed by atoms with Crippen LogP contribution in [0.3, 0.4) is 0 Å². The second kappa shape index (κ2) is 8.04. The number of nitrogens with one attached hydrogen (secondary N) is 1. The number of carbonyl (C=O) groups excluding carboxylic acids is 1. The molecule has 4 rings (SSSR count). The monoisotopic (exact) mass is 380 g/mol. The zero-order chi connectivity index (χ0) is 19.5. The Hall–Kier alpha value is -2.83. The predicted molar refractivity (Wildman–Crippen MR) is 112 cm³/mol. The van der Waals surface area contributed by atoms with E-state index in [0.717, 1.165) is 31.3 Å². The number of hydrogen-bond acceptors (Lipinski definition) is 6. The Morgan fingerprint density at radius 1 is 1.04 bits per heavy atom. The molecule has 7 nitrogen and oxygen atoms in total. The number of anilines is 3. The van der Waals surface area contributed by atoms with Gasteiger partial charge in [-0.05, 0) is 37.5 Å². The molecule has 148 valence electrons. The molecule has 7 heteroatoms. The summed E-state index contributed by atoms with van der Waals surface area (Å²) >= 11 is 0. The van der Waals surface area contributed by atoms with Crippen molar-refractivity contribution in [3.05, 3.63) is 42.2 Å². The van der Waals surface area contributed by atoms with Gasteiger partial charge in [0.2, 0.25) is 5.91 Å². The molecule has 2 aliphatic heterocycles. The number of piperazine rings is 1. The van der Waals surface area contributed by atoms with Crippen LogP contribution in [0.1, 0.15) is 31.4 Å². The van der Waals surface area contributed by atoms with Crippen molar-refractivity contribution in [2.45, 2.75) is 25.8 Å². The maximum Gasteiger partial charge on any atom is 0.241 e. The van der Waals surface area contributed by atoms with Gasteiger partial charge in [-0.15, -0.1) is 0 Å². The van der Waals surface area contributed by atoms with Gasteiger partial charge in [-0.3, -0.25) is 4.79 Å². The zero-order valence-corrected chi connectivity index (χ0v) is 16.6. The van der Waals surface area contributed by atoms with E-state index in [4.69, 9.17) is 0 Å². The average Bonchev–Trinajstić information content (AvgIpc) is 3.25. The van der Waals surface area contributed by atoms with Gasteiger partial charge in [-0.1, -0.05) is 12.1 Å². The van der Waals surface area contributed by atoms with Crippen molar-refractivity contribution in [1.82, 2.24) is 14.9 Å². The smallest absolute Gasteiger partial charge is 0.241 e. The second-order valence-electron chi connectivity index (χ2n) is 7.65. The van der Waals surface area contributed by atoms with E-state index in [-0.39, 0.29) is 11.9 Å². The van der Waals surface area contributed by atoms with Gasteiger partial charge >= 0.3 is 0 Å². The summed E-state index contributed by atoms with van der Waals surface area (Å²) in [6, 6.07) is 10.8. The van der Waals surface area contributed by atoms with Crippen LogP contribution in [-0.2, 0) is 4.79 Å². The van der Waals surface area contributed by atoms with E-state index < -0.39 is 0 Å². The summed E-state index contributed by atoms with van der Waals surface area (Å²) < 4.78 is 0. The number of amides is 1. The molecule has 0 saturated carbocycles. The highest BCUT2D eigenvalue weighted by Crippen LogP contribution is 2.26. The van der Waals surface area contributed by atoms with Crippen LogP contribution in [0.2, 0.25) is 0 Å². The van der Waals surface area contributed by atoms with Gasteiger partial charge in [-0.25, -0.2) is 9.97 Å². The molecule has 2 fully saturated rings. The Labute approximate surface area is 166 Å². The molecule has 1 aromatic carbocycles. The van der Waals surface area contributed by atoms with Gasteiger partial charge in [0.05, 0.1) is 12.6 Å². The molecule has 0 aliphatic carbocycles. The molecule has 1 aromatic heterocycles. The number of aromatic nitrogens is 2. The Kier molecular flexibility index (Phi) is 5.32. The number of carbonyl (C=O) groups is 1. The third-order valence-electron chi connectivity index (χ3n) is 5.64. The fourth-order valence-corrected chi connectivity index (χ4v) is 3.82. The normalized spacial score (nSPS) is 18.5. The maximum absolute atomic E-state index is 12.0. The third kappa shape index (κ3) is 4.03. The molecule has 0 spiro atoms. The Morgan fingerprint density at radius 3 is 2.64 bits per heavy atom. The lowest BCUT2D eigenvalue weighted by Gasteiger charge is -2.32. The second-order valence-corrected chi connectivity index (χ2v) is 7.65. The summed E-state index contributed by atoms with van der Waals surface area (Å²) in [5, 5.41) is 3.48. The van der Waals surface area contributed by atoms with Crippen molar-refractivity contribution in [3.63, 3.8) is 0 Å². The molecule has 1 amide bonds. The summed E-state index contributed by atoms with van der Waals surface area (Å²) in [4.78, 5) is 26.9. The van der Waals surface area contributed by atoms with Gasteiger partial charge < -0.3 is 20.0 Å². The lowest BCUT2D eigenvalue weighted by atomic mass is 10.1. The largest absolute Gasteiger partial charge is 0.372 e. The Bertz CT molecular complexity index is 835. The first-order valence-electron chi connectivity index (χ1n) is 10.0. The molecule has 0 radical (unpaired) electrons. The van der Waals surface area contributed by atoms with E-state index in [1.807, 2.05) is 18.0 Å². The topological polar surface area (TPSA) is 64.6 Å². The van der Waals surface area contributed by atoms with Crippen LogP contribution in [0.4, 0.5) is 17.3 Å². The quantitative estimate of drug-likeness (QED) is 0.860.